The third kappa shape index (κ3) is 2.75. The quantitative estimate of drug-likeness (QED) is 0.759. The van der Waals surface area contributed by atoms with Crippen molar-refractivity contribution in [3.05, 3.63) is 12.5 Å². The lowest BCUT2D eigenvalue weighted by molar-refractivity contribution is 0.229. The Morgan fingerprint density at radius 2 is 2.00 bits per heavy atom. The Morgan fingerprint density at radius 3 is 2.47 bits per heavy atom. The topological polar surface area (TPSA) is 87.3 Å². The van der Waals surface area contributed by atoms with E-state index in [0.717, 1.165) is 0 Å². The van der Waals surface area contributed by atoms with Gasteiger partial charge in [0, 0.05) is 0 Å². The average Bonchev–Trinajstić information content (AvgIpc) is 2.19. The van der Waals surface area contributed by atoms with Crippen molar-refractivity contribution in [2.75, 3.05) is 18.9 Å². The normalized spacial score (nSPS) is 11.6. The first-order valence-corrected chi connectivity index (χ1v) is 6.13. The number of nitrogen functional groups attached to an aromatic ring is 1. The van der Waals surface area contributed by atoms with Crippen molar-refractivity contribution in [2.45, 2.75) is 13.8 Å². The molecule has 7 heteroatoms. The zero-order chi connectivity index (χ0) is 11.3. The van der Waals surface area contributed by atoms with E-state index in [1.54, 1.807) is 13.8 Å². The number of aromatic nitrogens is 2. The molecule has 0 unspecified atom stereocenters. The van der Waals surface area contributed by atoms with Crippen LogP contribution in [-0.4, -0.2) is 23.2 Å². The molecule has 84 valence electrons. The second kappa shape index (κ2) is 5.21. The molecule has 1 rings (SSSR count). The molecule has 0 aliphatic heterocycles. The molecule has 0 aromatic carbocycles. The van der Waals surface area contributed by atoms with Crippen molar-refractivity contribution < 1.29 is 13.6 Å². The second-order valence-electron chi connectivity index (χ2n) is 2.63. The van der Waals surface area contributed by atoms with Crippen LogP contribution in [0.15, 0.2) is 12.5 Å². The van der Waals surface area contributed by atoms with Crippen LogP contribution in [0.4, 0.5) is 5.69 Å². The number of rotatable bonds is 5. The van der Waals surface area contributed by atoms with Gasteiger partial charge in [-0.1, -0.05) is 0 Å². The van der Waals surface area contributed by atoms with E-state index in [1.165, 1.54) is 12.5 Å². The molecule has 0 radical (unpaired) electrons. The van der Waals surface area contributed by atoms with Crippen molar-refractivity contribution in [3.63, 3.8) is 0 Å². The fourth-order valence-corrected chi connectivity index (χ4v) is 2.63. The maximum absolute atomic E-state index is 12.2. The highest BCUT2D eigenvalue weighted by atomic mass is 31.2. The van der Waals surface area contributed by atoms with Crippen LogP contribution < -0.4 is 11.2 Å². The molecular formula is C8H14N3O3P. The lowest BCUT2D eigenvalue weighted by Crippen LogP contribution is -2.18. The number of hydrogen-bond donors (Lipinski definition) is 1. The van der Waals surface area contributed by atoms with Crippen LogP contribution in [0.1, 0.15) is 13.8 Å². The summed E-state index contributed by atoms with van der Waals surface area (Å²) in [5.41, 5.74) is 5.95. The minimum absolute atomic E-state index is 0.126. The van der Waals surface area contributed by atoms with Gasteiger partial charge in [0.1, 0.15) is 6.33 Å². The van der Waals surface area contributed by atoms with Crippen molar-refractivity contribution in [1.29, 1.82) is 0 Å². The van der Waals surface area contributed by atoms with E-state index >= 15 is 0 Å². The molecule has 0 amide bonds. The smallest absolute Gasteiger partial charge is 0.381 e. The van der Waals surface area contributed by atoms with Gasteiger partial charge < -0.3 is 14.8 Å². The molecular weight excluding hydrogens is 217 g/mol. The molecule has 1 aromatic rings. The summed E-state index contributed by atoms with van der Waals surface area (Å²) < 4.78 is 22.4. The molecule has 0 bridgehead atoms. The summed E-state index contributed by atoms with van der Waals surface area (Å²) >= 11 is 0. The molecule has 1 aromatic heterocycles. The van der Waals surface area contributed by atoms with Crippen molar-refractivity contribution in [3.8, 4) is 0 Å². The van der Waals surface area contributed by atoms with Gasteiger partial charge in [0.05, 0.1) is 25.1 Å². The summed E-state index contributed by atoms with van der Waals surface area (Å²) in [6.45, 7) is 3.98. The summed E-state index contributed by atoms with van der Waals surface area (Å²) in [5, 5.41) is 0. The largest absolute Gasteiger partial charge is 0.395 e. The van der Waals surface area contributed by atoms with Crippen molar-refractivity contribution in [2.24, 2.45) is 0 Å². The van der Waals surface area contributed by atoms with Crippen molar-refractivity contribution in [1.82, 2.24) is 9.97 Å². The van der Waals surface area contributed by atoms with Crippen molar-refractivity contribution >= 4 is 18.7 Å². The highest BCUT2D eigenvalue weighted by molar-refractivity contribution is 7.62. The first-order chi connectivity index (χ1) is 7.14. The lowest BCUT2D eigenvalue weighted by atomic mass is 10.6. The maximum Gasteiger partial charge on any atom is 0.381 e. The van der Waals surface area contributed by atoms with Crippen LogP contribution in [0.5, 0.6) is 0 Å². The molecule has 0 fully saturated rings. The Morgan fingerprint density at radius 1 is 1.40 bits per heavy atom. The first-order valence-electron chi connectivity index (χ1n) is 4.59. The van der Waals surface area contributed by atoms with E-state index in [-0.39, 0.29) is 24.3 Å². The van der Waals surface area contributed by atoms with Gasteiger partial charge in [0.2, 0.25) is 0 Å². The van der Waals surface area contributed by atoms with Crippen LogP contribution in [0.3, 0.4) is 0 Å². The number of nitrogens with zero attached hydrogens (tertiary/aromatic N) is 2. The zero-order valence-corrected chi connectivity index (χ0v) is 9.61. The van der Waals surface area contributed by atoms with E-state index in [4.69, 9.17) is 14.8 Å². The van der Waals surface area contributed by atoms with Gasteiger partial charge in [-0.2, -0.15) is 0 Å². The van der Waals surface area contributed by atoms with Gasteiger partial charge in [-0.15, -0.1) is 0 Å². The van der Waals surface area contributed by atoms with E-state index in [9.17, 15) is 4.57 Å². The average molecular weight is 231 g/mol. The monoisotopic (exact) mass is 231 g/mol. The predicted molar refractivity (Wildman–Crippen MR) is 56.9 cm³/mol. The summed E-state index contributed by atoms with van der Waals surface area (Å²) in [6, 6.07) is 0. The highest BCUT2D eigenvalue weighted by Crippen LogP contribution is 2.47. The van der Waals surface area contributed by atoms with Crippen LogP contribution in [0.2, 0.25) is 0 Å². The molecule has 6 nitrogen and oxygen atoms in total. The minimum atomic E-state index is -3.39. The van der Waals surface area contributed by atoms with Crippen LogP contribution in [0.25, 0.3) is 0 Å². The minimum Gasteiger partial charge on any atom is -0.395 e. The molecule has 1 heterocycles. The molecule has 0 aliphatic rings. The van der Waals surface area contributed by atoms with E-state index in [1.807, 2.05) is 0 Å². The van der Waals surface area contributed by atoms with Gasteiger partial charge in [0.25, 0.3) is 0 Å². The zero-order valence-electron chi connectivity index (χ0n) is 8.71. The summed E-state index contributed by atoms with van der Waals surface area (Å²) in [6.07, 6.45) is 2.63. The van der Waals surface area contributed by atoms with Crippen LogP contribution in [0, 0.1) is 0 Å². The fourth-order valence-electron chi connectivity index (χ4n) is 1.06. The number of nitrogens with two attached hydrogens (primary N) is 1. The Hall–Kier alpha value is -0.970. The molecule has 0 atom stereocenters. The molecule has 2 N–H and O–H groups in total. The van der Waals surface area contributed by atoms with Gasteiger partial charge in [-0.05, 0) is 13.8 Å². The van der Waals surface area contributed by atoms with Gasteiger partial charge in [0.15, 0.2) is 5.44 Å². The standard InChI is InChI=1S/C8H14N3O3P/c1-3-13-15(12,14-4-2)8-7(9)5-10-6-11-8/h5-6H,3-4,9H2,1-2H3. The third-order valence-electron chi connectivity index (χ3n) is 1.58. The molecule has 0 spiro atoms. The van der Waals surface area contributed by atoms with Crippen LogP contribution in [-0.2, 0) is 13.6 Å². The lowest BCUT2D eigenvalue weighted by Gasteiger charge is -2.16. The SMILES string of the molecule is CCOP(=O)(OCC)c1ncncc1N. The highest BCUT2D eigenvalue weighted by Gasteiger charge is 2.30. The maximum atomic E-state index is 12.2. The Kier molecular flexibility index (Phi) is 4.20. The fraction of sp³-hybridized carbons (Fsp3) is 0.500. The summed E-state index contributed by atoms with van der Waals surface area (Å²) in [5.74, 6) is 0. The Balaban J connectivity index is 3.09. The van der Waals surface area contributed by atoms with Gasteiger partial charge in [-0.25, -0.2) is 9.97 Å². The summed E-state index contributed by atoms with van der Waals surface area (Å²) in [4.78, 5) is 7.55. The second-order valence-corrected chi connectivity index (χ2v) is 4.57. The molecule has 0 saturated carbocycles. The first kappa shape index (κ1) is 12.1. The number of hydrogen-bond acceptors (Lipinski definition) is 6. The van der Waals surface area contributed by atoms with Gasteiger partial charge in [-0.3, -0.25) is 4.57 Å². The Bertz CT molecular complexity index is 362. The van der Waals surface area contributed by atoms with E-state index < -0.39 is 7.60 Å². The number of anilines is 1. The van der Waals surface area contributed by atoms with Gasteiger partial charge >= 0.3 is 7.60 Å². The molecule has 0 saturated heterocycles. The predicted octanol–water partition coefficient (Wildman–Crippen LogP) is 0.950. The molecule has 15 heavy (non-hydrogen) atoms. The van der Waals surface area contributed by atoms with Crippen LogP contribution >= 0.6 is 7.60 Å². The van der Waals surface area contributed by atoms with E-state index in [0.29, 0.717) is 0 Å². The molecule has 0 aliphatic carbocycles. The Labute approximate surface area is 88.4 Å². The third-order valence-corrected chi connectivity index (χ3v) is 3.66. The van der Waals surface area contributed by atoms with E-state index in [2.05, 4.69) is 9.97 Å². The summed E-state index contributed by atoms with van der Waals surface area (Å²) in [7, 11) is -3.39.